The molecule has 10 nitrogen and oxygen atoms in total. The van der Waals surface area contributed by atoms with Gasteiger partial charge in [0, 0.05) is 67.3 Å². The second-order valence-electron chi connectivity index (χ2n) is 15.0. The number of halogens is 2. The number of hydrogen-bond acceptors (Lipinski definition) is 7. The van der Waals surface area contributed by atoms with Crippen molar-refractivity contribution in [2.75, 3.05) is 64.1 Å². The van der Waals surface area contributed by atoms with E-state index in [1.165, 1.54) is 17.8 Å². The molecular formula is C43H63F2N5O5S. The summed E-state index contributed by atoms with van der Waals surface area (Å²) in [7, 11) is 0. The van der Waals surface area contributed by atoms with Crippen molar-refractivity contribution in [2.24, 2.45) is 17.1 Å². The predicted molar refractivity (Wildman–Crippen MR) is 221 cm³/mol. The number of nitrogens with two attached hydrogens (primary N) is 1. The first-order valence-electron chi connectivity index (χ1n) is 19.9. The average Bonchev–Trinajstić information content (AvgIpc) is 3.57. The van der Waals surface area contributed by atoms with Gasteiger partial charge in [-0.05, 0) is 61.1 Å². The maximum absolute atomic E-state index is 15.1. The monoisotopic (exact) mass is 799 g/mol. The van der Waals surface area contributed by atoms with Gasteiger partial charge in [-0.1, -0.05) is 71.4 Å². The van der Waals surface area contributed by atoms with Crippen LogP contribution in [0.2, 0.25) is 0 Å². The minimum absolute atomic E-state index is 0.0534. The van der Waals surface area contributed by atoms with Gasteiger partial charge in [0.2, 0.25) is 17.7 Å². The standard InChI is InChI=1S/C43H63F2N5O5S/c1-6-12-33(7-2)42(53)48-20-23-55-25-24-54-22-19-47-39(51)17-26-56-31-40(52)50(21-11-18-46)41(43(3,4)5)38-27-34(36-28-35(44)15-16-37(36)45)30-49(38)29-32-13-9-8-10-14-32/h8-10,13-16,27-28,30,33,41H,6-7,11-12,17-26,29,31,46H2,1-5H3,(H,47,51)(H,48,53)/t33?,41-/m0/s1. The summed E-state index contributed by atoms with van der Waals surface area (Å²) in [5.41, 5.74) is 8.01. The molecule has 3 aromatic rings. The summed E-state index contributed by atoms with van der Waals surface area (Å²) in [5, 5.41) is 5.77. The van der Waals surface area contributed by atoms with Crippen molar-refractivity contribution in [3.05, 3.63) is 83.7 Å². The van der Waals surface area contributed by atoms with E-state index < -0.39 is 23.1 Å². The van der Waals surface area contributed by atoms with Gasteiger partial charge in [0.25, 0.3) is 0 Å². The molecule has 1 aromatic heterocycles. The van der Waals surface area contributed by atoms with Crippen LogP contribution in [0.1, 0.15) is 84.0 Å². The van der Waals surface area contributed by atoms with Crippen molar-refractivity contribution >= 4 is 29.5 Å². The van der Waals surface area contributed by atoms with Gasteiger partial charge in [-0.25, -0.2) is 8.78 Å². The highest BCUT2D eigenvalue weighted by Gasteiger charge is 2.37. The molecule has 3 rings (SSSR count). The Hall–Kier alpha value is -3.78. The number of rotatable bonds is 26. The molecule has 0 aliphatic carbocycles. The lowest BCUT2D eigenvalue weighted by Gasteiger charge is -2.41. The number of amides is 3. The number of hydrogen-bond donors (Lipinski definition) is 3. The molecule has 0 saturated heterocycles. The van der Waals surface area contributed by atoms with E-state index >= 15 is 4.39 Å². The van der Waals surface area contributed by atoms with Gasteiger partial charge in [0.15, 0.2) is 0 Å². The van der Waals surface area contributed by atoms with E-state index in [1.807, 2.05) is 59.0 Å². The first-order valence-corrected chi connectivity index (χ1v) is 21.0. The summed E-state index contributed by atoms with van der Waals surface area (Å²) in [6.45, 7) is 13.9. The van der Waals surface area contributed by atoms with Crippen LogP contribution in [0.15, 0.2) is 60.8 Å². The lowest BCUT2D eigenvalue weighted by Crippen LogP contribution is -2.44. The lowest BCUT2D eigenvalue weighted by molar-refractivity contribution is -0.133. The average molecular weight is 800 g/mol. The number of nitrogens with one attached hydrogen (secondary N) is 2. The van der Waals surface area contributed by atoms with E-state index in [1.54, 1.807) is 0 Å². The Kier molecular flexibility index (Phi) is 20.6. The van der Waals surface area contributed by atoms with E-state index in [-0.39, 0.29) is 41.4 Å². The third-order valence-electron chi connectivity index (χ3n) is 9.39. The molecule has 4 N–H and O–H groups in total. The van der Waals surface area contributed by atoms with Crippen molar-refractivity contribution in [3.8, 4) is 11.1 Å². The molecule has 1 unspecified atom stereocenters. The fraction of sp³-hybridized carbons (Fsp3) is 0.558. The van der Waals surface area contributed by atoms with Crippen molar-refractivity contribution in [2.45, 2.75) is 79.3 Å². The fourth-order valence-corrected chi connectivity index (χ4v) is 7.43. The largest absolute Gasteiger partial charge is 0.377 e. The molecule has 56 heavy (non-hydrogen) atoms. The Morgan fingerprint density at radius 1 is 0.946 bits per heavy atom. The SMILES string of the molecule is CCCC(CC)C(=O)NCCOCCOCCNC(=O)CCSCC(=O)N(CCCN)[C@@H](c1cc(-c2cc(F)ccc2F)cn1Cc1ccccc1)C(C)(C)C. The molecule has 0 aliphatic heterocycles. The van der Waals surface area contributed by atoms with Crippen LogP contribution in [0.25, 0.3) is 11.1 Å². The van der Waals surface area contributed by atoms with Crippen molar-refractivity contribution in [3.63, 3.8) is 0 Å². The summed E-state index contributed by atoms with van der Waals surface area (Å²) in [6, 6.07) is 14.7. The number of thioether (sulfide) groups is 1. The first-order chi connectivity index (χ1) is 26.9. The molecule has 1 heterocycles. The first kappa shape index (κ1) is 46.6. The Morgan fingerprint density at radius 3 is 2.29 bits per heavy atom. The maximum Gasteiger partial charge on any atom is 0.233 e. The van der Waals surface area contributed by atoms with E-state index in [9.17, 15) is 18.8 Å². The maximum atomic E-state index is 15.1. The molecule has 3 amide bonds. The molecule has 0 aliphatic rings. The van der Waals surface area contributed by atoms with Gasteiger partial charge in [0.1, 0.15) is 11.6 Å². The molecule has 0 bridgehead atoms. The predicted octanol–water partition coefficient (Wildman–Crippen LogP) is 6.96. The second kappa shape index (κ2) is 24.8. The third kappa shape index (κ3) is 15.6. The minimum atomic E-state index is -0.534. The van der Waals surface area contributed by atoms with Gasteiger partial charge in [-0.15, -0.1) is 0 Å². The molecule has 0 spiro atoms. The summed E-state index contributed by atoms with van der Waals surface area (Å²) in [6.07, 6.45) is 5.36. The smallest absolute Gasteiger partial charge is 0.233 e. The highest BCUT2D eigenvalue weighted by Crippen LogP contribution is 2.41. The van der Waals surface area contributed by atoms with Gasteiger partial charge in [0.05, 0.1) is 38.2 Å². The molecule has 310 valence electrons. The Bertz CT molecular complexity index is 1630. The zero-order valence-corrected chi connectivity index (χ0v) is 34.7. The molecule has 0 saturated carbocycles. The van der Waals surface area contributed by atoms with E-state index in [2.05, 4.69) is 38.3 Å². The third-order valence-corrected chi connectivity index (χ3v) is 10.3. The molecule has 2 aromatic carbocycles. The van der Waals surface area contributed by atoms with E-state index in [0.29, 0.717) is 76.9 Å². The van der Waals surface area contributed by atoms with Gasteiger partial charge in [-0.3, -0.25) is 14.4 Å². The van der Waals surface area contributed by atoms with Crippen molar-refractivity contribution in [1.82, 2.24) is 20.1 Å². The van der Waals surface area contributed by atoms with Crippen LogP contribution >= 0.6 is 11.8 Å². The summed E-state index contributed by atoms with van der Waals surface area (Å²) < 4.78 is 42.5. The zero-order chi connectivity index (χ0) is 40.9. The van der Waals surface area contributed by atoms with Crippen LogP contribution in [-0.2, 0) is 30.4 Å². The van der Waals surface area contributed by atoms with Crippen LogP contribution < -0.4 is 16.4 Å². The normalized spacial score (nSPS) is 12.6. The number of nitrogens with zero attached hydrogens (tertiary/aromatic N) is 2. The highest BCUT2D eigenvalue weighted by atomic mass is 32.2. The summed E-state index contributed by atoms with van der Waals surface area (Å²) in [5.74, 6) is -0.525. The van der Waals surface area contributed by atoms with Gasteiger partial charge >= 0.3 is 0 Å². The summed E-state index contributed by atoms with van der Waals surface area (Å²) in [4.78, 5) is 40.6. The number of carbonyl (C=O) groups is 3. The fourth-order valence-electron chi connectivity index (χ4n) is 6.61. The van der Waals surface area contributed by atoms with Gasteiger partial charge in [-0.2, -0.15) is 11.8 Å². The Morgan fingerprint density at radius 2 is 1.64 bits per heavy atom. The van der Waals surface area contributed by atoms with Crippen LogP contribution in [0.5, 0.6) is 0 Å². The van der Waals surface area contributed by atoms with Crippen LogP contribution in [0.4, 0.5) is 8.78 Å². The van der Waals surface area contributed by atoms with Crippen molar-refractivity contribution in [1.29, 1.82) is 0 Å². The van der Waals surface area contributed by atoms with E-state index in [4.69, 9.17) is 15.2 Å². The highest BCUT2D eigenvalue weighted by molar-refractivity contribution is 7.99. The zero-order valence-electron chi connectivity index (χ0n) is 33.9. The Balaban J connectivity index is 1.54. The number of benzene rings is 2. The Labute approximate surface area is 336 Å². The van der Waals surface area contributed by atoms with E-state index in [0.717, 1.165) is 42.7 Å². The number of carbonyl (C=O) groups excluding carboxylic acids is 3. The quantitative estimate of drug-likeness (QED) is 0.0750. The van der Waals surface area contributed by atoms with Gasteiger partial charge < -0.3 is 35.3 Å². The van der Waals surface area contributed by atoms with Crippen LogP contribution in [-0.4, -0.2) is 91.3 Å². The molecule has 0 fully saturated rings. The molecule has 2 atom stereocenters. The summed E-state index contributed by atoms with van der Waals surface area (Å²) >= 11 is 1.40. The van der Waals surface area contributed by atoms with Crippen molar-refractivity contribution < 1.29 is 32.6 Å². The second-order valence-corrected chi connectivity index (χ2v) is 16.1. The molecule has 13 heteroatoms. The minimum Gasteiger partial charge on any atom is -0.377 e. The topological polar surface area (TPSA) is 128 Å². The number of ether oxygens (including phenoxy) is 2. The van der Waals surface area contributed by atoms with Crippen LogP contribution in [0, 0.1) is 23.0 Å². The number of aromatic nitrogens is 1. The molecular weight excluding hydrogens is 737 g/mol. The molecule has 0 radical (unpaired) electrons. The lowest BCUT2D eigenvalue weighted by atomic mass is 9.83. The van der Waals surface area contributed by atoms with Crippen LogP contribution in [0.3, 0.4) is 0 Å².